The standard InChI is InChI=1S/C35H48O9/c1-14-26(36)43-25-19-24(32(42-21(8)9)31(22(25)10)41-20(6)7)35(12,13)28-33(40-18-5)29(38-16-3)23(11)30(39-17-4)34(28)44-27(37)15-2/h14-15,19-21H,1-2,16-18H2,3-13H3. The molecule has 0 saturated heterocycles. The van der Waals surface area contributed by atoms with Gasteiger partial charge < -0.3 is 33.2 Å². The molecule has 0 saturated carbocycles. The van der Waals surface area contributed by atoms with Gasteiger partial charge in [0.2, 0.25) is 0 Å². The largest absolute Gasteiger partial charge is 0.490 e. The molecule has 0 aromatic heterocycles. The highest BCUT2D eigenvalue weighted by Gasteiger charge is 2.41. The second-order valence-electron chi connectivity index (χ2n) is 11.0. The molecule has 0 amide bonds. The van der Waals surface area contributed by atoms with E-state index in [1.54, 1.807) is 13.0 Å². The minimum absolute atomic E-state index is 0.151. The molecule has 0 spiro atoms. The summed E-state index contributed by atoms with van der Waals surface area (Å²) in [5, 5.41) is 0. The van der Waals surface area contributed by atoms with Crippen LogP contribution in [-0.4, -0.2) is 44.0 Å². The van der Waals surface area contributed by atoms with Crippen molar-refractivity contribution in [2.75, 3.05) is 19.8 Å². The van der Waals surface area contributed by atoms with Crippen LogP contribution in [0.15, 0.2) is 31.4 Å². The third-order valence-corrected chi connectivity index (χ3v) is 6.60. The lowest BCUT2D eigenvalue weighted by Crippen LogP contribution is -2.26. The molecule has 2 aromatic rings. The summed E-state index contributed by atoms with van der Waals surface area (Å²) in [4.78, 5) is 25.3. The Morgan fingerprint density at radius 3 is 1.64 bits per heavy atom. The number of hydrogen-bond acceptors (Lipinski definition) is 9. The van der Waals surface area contributed by atoms with Crippen LogP contribution < -0.4 is 33.2 Å². The van der Waals surface area contributed by atoms with Crippen molar-refractivity contribution < 1.29 is 42.7 Å². The number of esters is 2. The summed E-state index contributed by atoms with van der Waals surface area (Å²) in [5.74, 6) is 1.11. The van der Waals surface area contributed by atoms with Gasteiger partial charge in [-0.3, -0.25) is 0 Å². The fraction of sp³-hybridized carbons (Fsp3) is 0.486. The maximum atomic E-state index is 12.8. The van der Waals surface area contributed by atoms with Crippen molar-refractivity contribution in [1.82, 2.24) is 0 Å². The van der Waals surface area contributed by atoms with Crippen molar-refractivity contribution in [2.24, 2.45) is 0 Å². The van der Waals surface area contributed by atoms with E-state index in [0.717, 1.165) is 12.2 Å². The van der Waals surface area contributed by atoms with E-state index in [1.807, 2.05) is 69.2 Å². The topological polar surface area (TPSA) is 98.8 Å². The van der Waals surface area contributed by atoms with Gasteiger partial charge in [0.25, 0.3) is 0 Å². The smallest absolute Gasteiger partial charge is 0.335 e. The van der Waals surface area contributed by atoms with Gasteiger partial charge in [-0.1, -0.05) is 27.0 Å². The Hall–Kier alpha value is -4.14. The van der Waals surface area contributed by atoms with Gasteiger partial charge in [0, 0.05) is 34.3 Å². The summed E-state index contributed by atoms with van der Waals surface area (Å²) in [7, 11) is 0. The number of carbonyl (C=O) groups is 2. The Balaban J connectivity index is 3.29. The van der Waals surface area contributed by atoms with Crippen molar-refractivity contribution >= 4 is 11.9 Å². The summed E-state index contributed by atoms with van der Waals surface area (Å²) < 4.78 is 43.0. The van der Waals surface area contributed by atoms with Crippen molar-refractivity contribution in [3.8, 4) is 40.2 Å². The minimum atomic E-state index is -1.07. The molecule has 9 nitrogen and oxygen atoms in total. The highest BCUT2D eigenvalue weighted by atomic mass is 16.6. The van der Waals surface area contributed by atoms with E-state index in [4.69, 9.17) is 33.2 Å². The first kappa shape index (κ1) is 36.1. The Kier molecular flexibility index (Phi) is 12.7. The van der Waals surface area contributed by atoms with Gasteiger partial charge in [-0.15, -0.1) is 0 Å². The van der Waals surface area contributed by atoms with Gasteiger partial charge in [-0.25, -0.2) is 9.59 Å². The van der Waals surface area contributed by atoms with Gasteiger partial charge >= 0.3 is 11.9 Å². The van der Waals surface area contributed by atoms with Crippen molar-refractivity contribution in [3.63, 3.8) is 0 Å². The molecule has 0 aliphatic carbocycles. The highest BCUT2D eigenvalue weighted by molar-refractivity contribution is 5.86. The van der Waals surface area contributed by atoms with Crippen LogP contribution in [0.4, 0.5) is 0 Å². The SMILES string of the molecule is C=CC(=O)Oc1cc(C(C)(C)c2c(OCC)c(OCC)c(C)c(OCC)c2OC(=O)C=C)c(OC(C)C)c(OC(C)C)c1C. The zero-order chi connectivity index (χ0) is 33.4. The van der Waals surface area contributed by atoms with Gasteiger partial charge in [0.1, 0.15) is 5.75 Å². The Morgan fingerprint density at radius 1 is 0.705 bits per heavy atom. The first-order valence-corrected chi connectivity index (χ1v) is 15.0. The molecule has 2 aromatic carbocycles. The lowest BCUT2D eigenvalue weighted by atomic mass is 9.75. The summed E-state index contributed by atoms with van der Waals surface area (Å²) >= 11 is 0. The Labute approximate surface area is 262 Å². The minimum Gasteiger partial charge on any atom is -0.490 e. The first-order valence-electron chi connectivity index (χ1n) is 15.0. The average Bonchev–Trinajstić information content (AvgIpc) is 2.95. The molecule has 242 valence electrons. The molecule has 0 atom stereocenters. The predicted molar refractivity (Wildman–Crippen MR) is 171 cm³/mol. The first-order chi connectivity index (χ1) is 20.7. The molecule has 9 heteroatoms. The summed E-state index contributed by atoms with van der Waals surface area (Å²) in [6, 6.07) is 1.73. The van der Waals surface area contributed by atoms with E-state index in [0.29, 0.717) is 70.8 Å². The van der Waals surface area contributed by atoms with E-state index in [-0.39, 0.29) is 23.7 Å². The molecule has 2 rings (SSSR count). The normalized spacial score (nSPS) is 11.2. The van der Waals surface area contributed by atoms with Crippen LogP contribution in [0.2, 0.25) is 0 Å². The molecule has 0 aliphatic heterocycles. The maximum absolute atomic E-state index is 12.8. The summed E-state index contributed by atoms with van der Waals surface area (Å²) in [5.41, 5.74) is 1.14. The molecule has 0 N–H and O–H groups in total. The zero-order valence-corrected chi connectivity index (χ0v) is 28.1. The van der Waals surface area contributed by atoms with Gasteiger partial charge in [-0.2, -0.15) is 0 Å². The molecule has 0 radical (unpaired) electrons. The van der Waals surface area contributed by atoms with Crippen molar-refractivity contribution in [3.05, 3.63) is 53.6 Å². The van der Waals surface area contributed by atoms with Crippen LogP contribution in [0.1, 0.15) is 84.6 Å². The second kappa shape index (κ2) is 15.5. The molecule has 0 aliphatic rings. The third-order valence-electron chi connectivity index (χ3n) is 6.60. The molecule has 0 bridgehead atoms. The van der Waals surface area contributed by atoms with E-state index >= 15 is 0 Å². The van der Waals surface area contributed by atoms with Crippen molar-refractivity contribution in [1.29, 1.82) is 0 Å². The van der Waals surface area contributed by atoms with Crippen LogP contribution >= 0.6 is 0 Å². The molecular formula is C35H48O9. The lowest BCUT2D eigenvalue weighted by Gasteiger charge is -2.35. The number of hydrogen-bond donors (Lipinski definition) is 0. The van der Waals surface area contributed by atoms with E-state index in [2.05, 4.69) is 13.2 Å². The monoisotopic (exact) mass is 612 g/mol. The summed E-state index contributed by atoms with van der Waals surface area (Å²) in [6.07, 6.45) is 1.69. The lowest BCUT2D eigenvalue weighted by molar-refractivity contribution is -0.130. The number of rotatable bonds is 16. The van der Waals surface area contributed by atoms with E-state index in [1.165, 1.54) is 0 Å². The van der Waals surface area contributed by atoms with E-state index < -0.39 is 17.4 Å². The fourth-order valence-corrected chi connectivity index (χ4v) is 4.79. The Bertz CT molecular complexity index is 1370. The third kappa shape index (κ3) is 7.87. The number of carbonyl (C=O) groups excluding carboxylic acids is 2. The molecule has 0 unspecified atom stereocenters. The molecule has 0 heterocycles. The fourth-order valence-electron chi connectivity index (χ4n) is 4.79. The molecular weight excluding hydrogens is 564 g/mol. The van der Waals surface area contributed by atoms with Crippen LogP contribution in [0.3, 0.4) is 0 Å². The van der Waals surface area contributed by atoms with Gasteiger partial charge in [0.15, 0.2) is 34.5 Å². The average molecular weight is 613 g/mol. The number of ether oxygens (including phenoxy) is 7. The molecule has 0 fully saturated rings. The van der Waals surface area contributed by atoms with Crippen LogP contribution in [-0.2, 0) is 15.0 Å². The highest BCUT2D eigenvalue weighted by Crippen LogP contribution is 2.57. The summed E-state index contributed by atoms with van der Waals surface area (Å²) in [6.45, 7) is 28.7. The maximum Gasteiger partial charge on any atom is 0.335 e. The van der Waals surface area contributed by atoms with Crippen LogP contribution in [0.5, 0.6) is 40.2 Å². The zero-order valence-electron chi connectivity index (χ0n) is 28.1. The quantitative estimate of drug-likeness (QED) is 0.108. The number of benzene rings is 2. The van der Waals surface area contributed by atoms with Gasteiger partial charge in [0.05, 0.1) is 37.6 Å². The van der Waals surface area contributed by atoms with Gasteiger partial charge in [-0.05, 0) is 68.4 Å². The van der Waals surface area contributed by atoms with Crippen molar-refractivity contribution in [2.45, 2.75) is 93.8 Å². The van der Waals surface area contributed by atoms with E-state index in [9.17, 15) is 9.59 Å². The van der Waals surface area contributed by atoms with Crippen LogP contribution in [0, 0.1) is 13.8 Å². The second-order valence-corrected chi connectivity index (χ2v) is 11.0. The molecule has 44 heavy (non-hydrogen) atoms. The van der Waals surface area contributed by atoms with Crippen LogP contribution in [0.25, 0.3) is 0 Å². The Morgan fingerprint density at radius 2 is 1.16 bits per heavy atom. The predicted octanol–water partition coefficient (Wildman–Crippen LogP) is 7.58.